The Morgan fingerprint density at radius 3 is 1.04 bits per heavy atom. The molecule has 0 aromatic rings. The quantitative estimate of drug-likeness (QED) is 0.233. The van der Waals surface area contributed by atoms with E-state index in [1.54, 1.807) is 0 Å². The Labute approximate surface area is 315 Å². The molecule has 14 heteroatoms. The normalized spacial score (nSPS) is 10.0. The molecular formula is C11H14K4N2O8. The number of nitrogens with two attached hydrogens (primary N) is 2. The summed E-state index contributed by atoms with van der Waals surface area (Å²) in [6.07, 6.45) is -4.71. The summed E-state index contributed by atoms with van der Waals surface area (Å²) < 4.78 is 0. The van der Waals surface area contributed by atoms with E-state index in [0.717, 1.165) is 0 Å². The van der Waals surface area contributed by atoms with Crippen molar-refractivity contribution in [2.24, 2.45) is 16.9 Å². The summed E-state index contributed by atoms with van der Waals surface area (Å²) in [5.74, 6) is -6.91. The van der Waals surface area contributed by atoms with E-state index in [-0.39, 0.29) is 206 Å². The van der Waals surface area contributed by atoms with Crippen LogP contribution in [0.15, 0.2) is 0 Å². The van der Waals surface area contributed by atoms with Crippen molar-refractivity contribution in [1.82, 2.24) is 0 Å². The Kier molecular flexibility index (Phi) is 30.3. The molecule has 0 rings (SSSR count). The molecule has 10 nitrogen and oxygen atoms in total. The first-order valence-corrected chi connectivity index (χ1v) is 5.75. The molecule has 0 amide bonds. The molecule has 0 heterocycles. The summed E-state index contributed by atoms with van der Waals surface area (Å²) in [4.78, 5) is 42.7. The molecule has 0 saturated heterocycles. The molecule has 120 valence electrons. The fraction of sp³-hybridized carbons (Fsp3) is 0.636. The predicted molar refractivity (Wildman–Crippen MR) is 56.7 cm³/mol. The minimum atomic E-state index is -2.07. The van der Waals surface area contributed by atoms with Crippen molar-refractivity contribution in [3.05, 3.63) is 0 Å². The summed E-state index contributed by atoms with van der Waals surface area (Å²) >= 11 is 0. The van der Waals surface area contributed by atoms with Crippen molar-refractivity contribution in [1.29, 1.82) is 0 Å². The molecule has 25 heavy (non-hydrogen) atoms. The Bertz CT molecular complexity index is 421. The average molecular weight is 459 g/mol. The van der Waals surface area contributed by atoms with E-state index in [9.17, 15) is 39.6 Å². The third-order valence-electron chi connectivity index (χ3n) is 2.74. The molecule has 0 bridgehead atoms. The molecule has 0 atom stereocenters. The number of aliphatic carboxylic acids is 4. The van der Waals surface area contributed by atoms with Crippen LogP contribution in [0.2, 0.25) is 0 Å². The first-order valence-electron chi connectivity index (χ1n) is 5.75. The number of carboxylic acid groups (broad SMARTS) is 4. The van der Waals surface area contributed by atoms with Gasteiger partial charge < -0.3 is 51.1 Å². The van der Waals surface area contributed by atoms with Gasteiger partial charge in [0.05, 0.1) is 5.66 Å². The molecule has 0 aromatic heterocycles. The van der Waals surface area contributed by atoms with Gasteiger partial charge in [0.25, 0.3) is 0 Å². The van der Waals surface area contributed by atoms with Crippen LogP contribution in [-0.2, 0) is 19.2 Å². The first-order chi connectivity index (χ1) is 9.37. The molecule has 0 aliphatic heterocycles. The van der Waals surface area contributed by atoms with Crippen LogP contribution in [0.25, 0.3) is 0 Å². The Balaban J connectivity index is -0.000000333. The predicted octanol–water partition coefficient (Wildman–Crippen LogP) is -18.4. The average Bonchev–Trinajstić information content (AvgIpc) is 2.07. The molecular weight excluding hydrogens is 445 g/mol. The standard InChI is InChI=1S/C11H18N2O8.4K/c12-11(13,4-9(20)21)5-10(1-6(14)15,2-7(16)17)3-8(18)19;;;;/h1-5,12-13H2,(H,14,15)(H,16,17)(H,18,19)(H,20,21);;;;/q;4*+1/p-4. The second-order valence-electron chi connectivity index (χ2n) is 5.11. The molecule has 0 aromatic carbocycles. The zero-order valence-electron chi connectivity index (χ0n) is 15.0. The van der Waals surface area contributed by atoms with Crippen LogP contribution in [-0.4, -0.2) is 29.5 Å². The number of carboxylic acids is 4. The van der Waals surface area contributed by atoms with Gasteiger partial charge in [-0.1, -0.05) is 0 Å². The first kappa shape index (κ1) is 39.8. The fourth-order valence-electron chi connectivity index (χ4n) is 2.32. The number of hydrogen-bond acceptors (Lipinski definition) is 10. The molecule has 0 aliphatic carbocycles. The van der Waals surface area contributed by atoms with Gasteiger partial charge in [-0.2, -0.15) is 0 Å². The Morgan fingerprint density at radius 1 is 0.600 bits per heavy atom. The molecule has 0 saturated carbocycles. The van der Waals surface area contributed by atoms with Crippen molar-refractivity contribution in [3.63, 3.8) is 0 Å². The third-order valence-corrected chi connectivity index (χ3v) is 2.74. The second-order valence-corrected chi connectivity index (χ2v) is 5.11. The topological polar surface area (TPSA) is 213 Å². The van der Waals surface area contributed by atoms with Gasteiger partial charge >= 0.3 is 206 Å². The Morgan fingerprint density at radius 2 is 0.840 bits per heavy atom. The van der Waals surface area contributed by atoms with Crippen LogP contribution in [0.1, 0.15) is 32.1 Å². The van der Waals surface area contributed by atoms with Crippen LogP contribution in [0.3, 0.4) is 0 Å². The maximum Gasteiger partial charge on any atom is 1.00 e. The maximum atomic E-state index is 10.7. The molecule has 4 N–H and O–H groups in total. The van der Waals surface area contributed by atoms with Crippen LogP contribution >= 0.6 is 0 Å². The van der Waals surface area contributed by atoms with Crippen molar-refractivity contribution >= 4 is 23.9 Å². The zero-order valence-corrected chi connectivity index (χ0v) is 27.4. The van der Waals surface area contributed by atoms with Gasteiger partial charge in [-0.05, 0) is 31.1 Å². The van der Waals surface area contributed by atoms with Gasteiger partial charge in [-0.25, -0.2) is 0 Å². The van der Waals surface area contributed by atoms with E-state index in [2.05, 4.69) is 0 Å². The third kappa shape index (κ3) is 21.4. The minimum Gasteiger partial charge on any atom is -0.550 e. The molecule has 0 unspecified atom stereocenters. The van der Waals surface area contributed by atoms with Crippen molar-refractivity contribution in [2.75, 3.05) is 0 Å². The van der Waals surface area contributed by atoms with E-state index < -0.39 is 67.1 Å². The van der Waals surface area contributed by atoms with E-state index in [0.29, 0.717) is 0 Å². The van der Waals surface area contributed by atoms with Gasteiger partial charge in [-0.3, -0.25) is 0 Å². The van der Waals surface area contributed by atoms with Crippen LogP contribution in [0.4, 0.5) is 0 Å². The minimum absolute atomic E-state index is 0. The van der Waals surface area contributed by atoms with Crippen molar-refractivity contribution in [3.8, 4) is 0 Å². The van der Waals surface area contributed by atoms with E-state index in [1.807, 2.05) is 0 Å². The SMILES string of the molecule is NC(N)(CC(=O)[O-])CC(CC(=O)[O-])(CC(=O)[O-])CC(=O)[O-].[K+].[K+].[K+].[K+]. The van der Waals surface area contributed by atoms with E-state index in [4.69, 9.17) is 11.5 Å². The monoisotopic (exact) mass is 458 g/mol. The van der Waals surface area contributed by atoms with Crippen LogP contribution in [0, 0.1) is 5.41 Å². The zero-order chi connectivity index (χ0) is 16.8. The summed E-state index contributed by atoms with van der Waals surface area (Å²) in [6.45, 7) is 0. The van der Waals surface area contributed by atoms with E-state index >= 15 is 0 Å². The van der Waals surface area contributed by atoms with Gasteiger partial charge in [0.2, 0.25) is 0 Å². The van der Waals surface area contributed by atoms with Crippen LogP contribution in [0.5, 0.6) is 0 Å². The second kappa shape index (κ2) is 19.1. The molecule has 0 radical (unpaired) electrons. The van der Waals surface area contributed by atoms with Gasteiger partial charge in [0.15, 0.2) is 0 Å². The summed E-state index contributed by atoms with van der Waals surface area (Å²) in [5.41, 5.74) is 6.83. The van der Waals surface area contributed by atoms with Crippen molar-refractivity contribution in [2.45, 2.75) is 37.8 Å². The molecule has 0 aliphatic rings. The van der Waals surface area contributed by atoms with Gasteiger partial charge in [0.1, 0.15) is 0 Å². The van der Waals surface area contributed by atoms with Gasteiger partial charge in [-0.15, -0.1) is 0 Å². The van der Waals surface area contributed by atoms with Crippen LogP contribution < -0.4 is 237 Å². The smallest absolute Gasteiger partial charge is 0.550 e. The fourth-order valence-corrected chi connectivity index (χ4v) is 2.32. The maximum absolute atomic E-state index is 10.7. The number of hydrogen-bond donors (Lipinski definition) is 2. The largest absolute Gasteiger partial charge is 1.00 e. The van der Waals surface area contributed by atoms with Gasteiger partial charge in [0, 0.05) is 30.3 Å². The molecule has 0 fully saturated rings. The van der Waals surface area contributed by atoms with Crippen molar-refractivity contribution < 1.29 is 245 Å². The summed E-state index contributed by atoms with van der Waals surface area (Å²) in [5, 5.41) is 42.7. The summed E-state index contributed by atoms with van der Waals surface area (Å²) in [6, 6.07) is 0. The number of rotatable bonds is 10. The molecule has 0 spiro atoms. The van der Waals surface area contributed by atoms with E-state index in [1.165, 1.54) is 0 Å². The number of carbonyl (C=O) groups excluding carboxylic acids is 4. The summed E-state index contributed by atoms with van der Waals surface area (Å²) in [7, 11) is 0. The number of carbonyl (C=O) groups is 4. The Hall–Kier alpha value is 4.35.